The number of halogens is 2. The molecule has 6 nitrogen and oxygen atoms in total. The lowest BCUT2D eigenvalue weighted by Gasteiger charge is -2.28. The smallest absolute Gasteiger partial charge is 0.274 e. The molecule has 0 spiro atoms. The van der Waals surface area contributed by atoms with Crippen molar-refractivity contribution >= 4 is 50.7 Å². The SMILES string of the molecule is CSc1ncc(Cl)c(C(=O)N(Cc2cccc(Cl)c2)[C@@H]2CCS(=O)(=O)C2)n1. The molecule has 0 aliphatic carbocycles. The van der Waals surface area contributed by atoms with Crippen LogP contribution >= 0.6 is 35.0 Å². The number of nitrogens with zero attached hydrogens (tertiary/aromatic N) is 3. The summed E-state index contributed by atoms with van der Waals surface area (Å²) in [5.41, 5.74) is 0.873. The minimum absolute atomic E-state index is 0.0601. The first kappa shape index (κ1) is 20.4. The van der Waals surface area contributed by atoms with Gasteiger partial charge in [-0.1, -0.05) is 47.1 Å². The molecule has 2 heterocycles. The molecule has 1 aliphatic rings. The Hall–Kier alpha value is -1.35. The van der Waals surface area contributed by atoms with Gasteiger partial charge in [0.15, 0.2) is 20.7 Å². The summed E-state index contributed by atoms with van der Waals surface area (Å²) in [6.45, 7) is 0.217. The molecule has 0 unspecified atom stereocenters. The van der Waals surface area contributed by atoms with Crippen LogP contribution in [0.2, 0.25) is 10.0 Å². The summed E-state index contributed by atoms with van der Waals surface area (Å²) in [7, 11) is -3.17. The fraction of sp³-hybridized carbons (Fsp3) is 0.353. The number of sulfone groups is 1. The normalized spacial score (nSPS) is 18.4. The van der Waals surface area contributed by atoms with Crippen molar-refractivity contribution in [2.24, 2.45) is 0 Å². The van der Waals surface area contributed by atoms with Crippen molar-refractivity contribution < 1.29 is 13.2 Å². The average Bonchev–Trinajstić information content (AvgIpc) is 2.99. The third-order valence-electron chi connectivity index (χ3n) is 4.26. The van der Waals surface area contributed by atoms with Crippen LogP contribution in [0, 0.1) is 0 Å². The molecule has 3 rings (SSSR count). The minimum atomic E-state index is -3.17. The Bertz CT molecular complexity index is 970. The van der Waals surface area contributed by atoms with Crippen LogP contribution in [0.15, 0.2) is 35.6 Å². The molecule has 0 radical (unpaired) electrons. The topological polar surface area (TPSA) is 80.2 Å². The second-order valence-electron chi connectivity index (χ2n) is 6.17. The molecule has 1 aromatic heterocycles. The highest BCUT2D eigenvalue weighted by Gasteiger charge is 2.36. The van der Waals surface area contributed by atoms with Crippen molar-refractivity contribution in [3.8, 4) is 0 Å². The fourth-order valence-corrected chi connectivity index (χ4v) is 5.41. The van der Waals surface area contributed by atoms with E-state index in [1.54, 1.807) is 24.5 Å². The number of aromatic nitrogens is 2. The second-order valence-corrected chi connectivity index (χ2v) is 10.0. The van der Waals surface area contributed by atoms with Crippen LogP contribution < -0.4 is 0 Å². The highest BCUT2D eigenvalue weighted by atomic mass is 35.5. The number of carbonyl (C=O) groups excluding carboxylic acids is 1. The van der Waals surface area contributed by atoms with Gasteiger partial charge in [-0.25, -0.2) is 18.4 Å². The zero-order valence-electron chi connectivity index (χ0n) is 14.4. The Morgan fingerprint density at radius 3 is 2.78 bits per heavy atom. The molecule has 1 saturated heterocycles. The number of rotatable bonds is 5. The molecule has 144 valence electrons. The molecule has 0 bridgehead atoms. The number of carbonyl (C=O) groups is 1. The predicted molar refractivity (Wildman–Crippen MR) is 107 cm³/mol. The lowest BCUT2D eigenvalue weighted by Crippen LogP contribution is -2.41. The van der Waals surface area contributed by atoms with Crippen molar-refractivity contribution in [1.29, 1.82) is 0 Å². The van der Waals surface area contributed by atoms with E-state index in [9.17, 15) is 13.2 Å². The van der Waals surface area contributed by atoms with Gasteiger partial charge < -0.3 is 4.90 Å². The van der Waals surface area contributed by atoms with E-state index in [1.807, 2.05) is 6.07 Å². The fourth-order valence-electron chi connectivity index (χ4n) is 2.96. The summed E-state index contributed by atoms with van der Waals surface area (Å²) < 4.78 is 23.9. The zero-order chi connectivity index (χ0) is 19.6. The third-order valence-corrected chi connectivity index (χ3v) is 7.08. The van der Waals surface area contributed by atoms with Crippen LogP contribution in [0.4, 0.5) is 0 Å². The molecule has 1 aliphatic heterocycles. The summed E-state index contributed by atoms with van der Waals surface area (Å²) in [6.07, 6.45) is 3.56. The Kier molecular flexibility index (Phi) is 6.30. The van der Waals surface area contributed by atoms with E-state index >= 15 is 0 Å². The van der Waals surface area contributed by atoms with E-state index in [1.165, 1.54) is 22.9 Å². The van der Waals surface area contributed by atoms with Crippen molar-refractivity contribution in [2.75, 3.05) is 17.8 Å². The summed E-state index contributed by atoms with van der Waals surface area (Å²) >= 11 is 13.5. The molecule has 1 atom stereocenters. The van der Waals surface area contributed by atoms with Crippen LogP contribution in [0.5, 0.6) is 0 Å². The van der Waals surface area contributed by atoms with E-state index < -0.39 is 21.8 Å². The van der Waals surface area contributed by atoms with Crippen molar-refractivity contribution in [3.05, 3.63) is 51.8 Å². The monoisotopic (exact) mass is 445 g/mol. The van der Waals surface area contributed by atoms with Gasteiger partial charge in [0.05, 0.1) is 22.7 Å². The van der Waals surface area contributed by atoms with E-state index in [0.29, 0.717) is 16.6 Å². The van der Waals surface area contributed by atoms with E-state index in [0.717, 1.165) is 5.56 Å². The Labute approximate surface area is 172 Å². The van der Waals surface area contributed by atoms with Gasteiger partial charge in [0.1, 0.15) is 0 Å². The third kappa shape index (κ3) is 4.93. The van der Waals surface area contributed by atoms with E-state index in [4.69, 9.17) is 23.2 Å². The quantitative estimate of drug-likeness (QED) is 0.518. The molecule has 2 aromatic rings. The van der Waals surface area contributed by atoms with Crippen molar-refractivity contribution in [3.63, 3.8) is 0 Å². The zero-order valence-corrected chi connectivity index (χ0v) is 17.6. The number of thioether (sulfide) groups is 1. The summed E-state index contributed by atoms with van der Waals surface area (Å²) in [4.78, 5) is 23.0. The Morgan fingerprint density at radius 1 is 1.37 bits per heavy atom. The number of hydrogen-bond acceptors (Lipinski definition) is 6. The van der Waals surface area contributed by atoms with Crippen molar-refractivity contribution in [2.45, 2.75) is 24.2 Å². The van der Waals surface area contributed by atoms with Crippen LogP contribution in [0.3, 0.4) is 0 Å². The molecule has 10 heteroatoms. The maximum atomic E-state index is 13.2. The second kappa shape index (κ2) is 8.34. The summed E-state index contributed by atoms with van der Waals surface area (Å²) in [6, 6.07) is 6.67. The maximum Gasteiger partial charge on any atom is 0.274 e. The first-order valence-electron chi connectivity index (χ1n) is 8.11. The van der Waals surface area contributed by atoms with E-state index in [-0.39, 0.29) is 28.8 Å². The molecular weight excluding hydrogens is 429 g/mol. The molecule has 0 saturated carbocycles. The van der Waals surface area contributed by atoms with Gasteiger partial charge in [-0.05, 0) is 30.4 Å². The lowest BCUT2D eigenvalue weighted by atomic mass is 10.1. The number of benzene rings is 1. The molecular formula is C17H17Cl2N3O3S2. The van der Waals surface area contributed by atoms with Crippen LogP contribution in [-0.4, -0.2) is 53.0 Å². The van der Waals surface area contributed by atoms with E-state index in [2.05, 4.69) is 9.97 Å². The molecule has 0 N–H and O–H groups in total. The van der Waals surface area contributed by atoms with Gasteiger partial charge in [-0.2, -0.15) is 0 Å². The Morgan fingerprint density at radius 2 is 2.15 bits per heavy atom. The summed E-state index contributed by atoms with van der Waals surface area (Å²) in [5, 5.41) is 1.10. The average molecular weight is 446 g/mol. The molecule has 1 amide bonds. The largest absolute Gasteiger partial charge is 0.329 e. The van der Waals surface area contributed by atoms with Crippen LogP contribution in [0.25, 0.3) is 0 Å². The van der Waals surface area contributed by atoms with Gasteiger partial charge in [-0.15, -0.1) is 0 Å². The first-order valence-corrected chi connectivity index (χ1v) is 11.9. The minimum Gasteiger partial charge on any atom is -0.329 e. The first-order chi connectivity index (χ1) is 12.8. The van der Waals surface area contributed by atoms with Gasteiger partial charge in [0.2, 0.25) is 0 Å². The maximum absolute atomic E-state index is 13.2. The lowest BCUT2D eigenvalue weighted by molar-refractivity contribution is 0.0674. The standard InChI is InChI=1S/C17H17Cl2N3O3S2/c1-26-17-20-8-14(19)15(21-17)16(23)22(13-5-6-27(24,25)10-13)9-11-3-2-4-12(18)7-11/h2-4,7-8,13H,5-6,9-10H2,1H3/t13-/m1/s1. The highest BCUT2D eigenvalue weighted by molar-refractivity contribution is 7.98. The van der Waals surface area contributed by atoms with Crippen molar-refractivity contribution in [1.82, 2.24) is 14.9 Å². The van der Waals surface area contributed by atoms with Gasteiger partial charge in [0, 0.05) is 17.6 Å². The van der Waals surface area contributed by atoms with Gasteiger partial charge in [0.25, 0.3) is 5.91 Å². The van der Waals surface area contributed by atoms with Gasteiger partial charge in [-0.3, -0.25) is 4.79 Å². The summed E-state index contributed by atoms with van der Waals surface area (Å²) in [5.74, 6) is -0.429. The predicted octanol–water partition coefficient (Wildman–Crippen LogP) is 3.33. The highest BCUT2D eigenvalue weighted by Crippen LogP contribution is 2.25. The Balaban J connectivity index is 1.97. The molecule has 27 heavy (non-hydrogen) atoms. The molecule has 1 fully saturated rings. The van der Waals surface area contributed by atoms with Crippen LogP contribution in [0.1, 0.15) is 22.5 Å². The van der Waals surface area contributed by atoms with Crippen LogP contribution in [-0.2, 0) is 16.4 Å². The molecule has 1 aromatic carbocycles. The number of hydrogen-bond donors (Lipinski definition) is 0. The number of amides is 1. The van der Waals surface area contributed by atoms with Gasteiger partial charge >= 0.3 is 0 Å².